The largest absolute Gasteiger partial charge is 0.480 e. The number of hydrogen-bond donors (Lipinski definition) is 5. The predicted molar refractivity (Wildman–Crippen MR) is 97.2 cm³/mol. The monoisotopic (exact) mass is 442 g/mol. The Labute approximate surface area is 158 Å². The number of phosphoric ester groups is 1. The molecule has 4 atom stereocenters. The van der Waals surface area contributed by atoms with Crippen LogP contribution in [0.15, 0.2) is 21.9 Å². The molecule has 2 heterocycles. The van der Waals surface area contributed by atoms with E-state index in [1.807, 2.05) is 4.98 Å². The van der Waals surface area contributed by atoms with Gasteiger partial charge in [0.05, 0.1) is 11.5 Å². The van der Waals surface area contributed by atoms with Crippen LogP contribution in [0, 0.1) is 0 Å². The first-order chi connectivity index (χ1) is 12.4. The summed E-state index contributed by atoms with van der Waals surface area (Å²) in [6.45, 7) is 0. The van der Waals surface area contributed by atoms with Crippen molar-refractivity contribution in [2.45, 2.75) is 29.4 Å². The average Bonchev–Trinajstić information content (AvgIpc) is 2.66. The quantitative estimate of drug-likeness (QED) is 0.210. The summed E-state index contributed by atoms with van der Waals surface area (Å²) in [5.41, 5.74) is -3.82. The third-order valence-corrected chi connectivity index (χ3v) is 6.56. The molecule has 1 saturated heterocycles. The number of alkyl halides is 1. The zero-order valence-electron chi connectivity index (χ0n) is 14.8. The van der Waals surface area contributed by atoms with Crippen LogP contribution in [0.5, 0.6) is 0 Å². The molecule has 0 amide bonds. The summed E-state index contributed by atoms with van der Waals surface area (Å²) in [5, 5.41) is 7.93. The van der Waals surface area contributed by atoms with Gasteiger partial charge in [-0.2, -0.15) is 4.31 Å². The summed E-state index contributed by atoms with van der Waals surface area (Å²) in [7, 11) is -7.97. The molecule has 0 radical (unpaired) electrons. The number of aromatic nitrogens is 2. The zero-order valence-corrected chi connectivity index (χ0v) is 16.6. The van der Waals surface area contributed by atoms with E-state index in [4.69, 9.17) is 14.5 Å². The molecule has 1 aromatic rings. The molecular weight excluding hydrogens is 425 g/mol. The van der Waals surface area contributed by atoms with E-state index >= 15 is 4.39 Å². The molecule has 5 N–H and O–H groups in total. The summed E-state index contributed by atoms with van der Waals surface area (Å²) in [5.74, 6) is -3.02. The van der Waals surface area contributed by atoms with E-state index in [0.29, 0.717) is 4.57 Å². The smallest absolute Gasteiger partial charge is 0.389 e. The lowest BCUT2D eigenvalue weighted by atomic mass is 9.60. The minimum absolute atomic E-state index is 0.709. The third-order valence-electron chi connectivity index (χ3n) is 4.20. The molecule has 1 unspecified atom stereocenters. The van der Waals surface area contributed by atoms with Crippen LogP contribution < -0.4 is 11.2 Å². The number of halogens is 1. The highest BCUT2D eigenvalue weighted by molar-refractivity contribution is 7.60. The first-order valence-corrected chi connectivity index (χ1v) is 10.6. The Morgan fingerprint density at radius 3 is 2.43 bits per heavy atom. The first-order valence-electron chi connectivity index (χ1n) is 7.61. The molecule has 1 fully saturated rings. The molecule has 0 spiro atoms. The molecule has 0 bridgehead atoms. The number of ether oxygens (including phenoxy) is 1. The summed E-state index contributed by atoms with van der Waals surface area (Å²) in [6, 6.07) is 0.929. The molecule has 1 aliphatic heterocycles. The van der Waals surface area contributed by atoms with Crippen LogP contribution in [-0.4, -0.2) is 70.2 Å². The number of hydrogen-bond acceptors (Lipinski definition) is 8. The average molecular weight is 442 g/mol. The normalized spacial score (nSPS) is 30.8. The van der Waals surface area contributed by atoms with Gasteiger partial charge in [-0.15, -0.1) is 0 Å². The van der Waals surface area contributed by atoms with E-state index in [0.717, 1.165) is 35.8 Å². The van der Waals surface area contributed by atoms with E-state index in [1.165, 1.54) is 0 Å². The molecule has 154 valence electrons. The topological polar surface area (TPSA) is 198 Å². The van der Waals surface area contributed by atoms with Crippen molar-refractivity contribution in [2.24, 2.45) is 0 Å². The molecule has 2 rings (SSSR count). The van der Waals surface area contributed by atoms with Gasteiger partial charge in [-0.05, 0) is 0 Å². The number of rotatable bonds is 6. The fraction of sp³-hybridized carbons (Fsp3) is 0.556. The number of H-pyrrole nitrogens is 1. The summed E-state index contributed by atoms with van der Waals surface area (Å²) in [4.78, 5) is 51.9. The Kier molecular flexibility index (Phi) is 5.85. The van der Waals surface area contributed by atoms with E-state index in [2.05, 4.69) is 8.83 Å². The maximum absolute atomic E-state index is 15.5. The van der Waals surface area contributed by atoms with Gasteiger partial charge in [-0.1, -0.05) is 0 Å². The Morgan fingerprint density at radius 1 is 1.36 bits per heavy atom. The van der Waals surface area contributed by atoms with Crippen LogP contribution in [0.3, 0.4) is 0 Å². The fourth-order valence-electron chi connectivity index (χ4n) is 2.73. The van der Waals surface area contributed by atoms with Crippen molar-refractivity contribution in [3.05, 3.63) is 33.1 Å². The van der Waals surface area contributed by atoms with Crippen LogP contribution >= 0.6 is 15.6 Å². The highest BCUT2D eigenvalue weighted by Crippen LogP contribution is 2.61. The van der Waals surface area contributed by atoms with Crippen LogP contribution in [-0.2, 0) is 28.3 Å². The molecule has 1 aliphatic rings. The van der Waals surface area contributed by atoms with Crippen LogP contribution in [0.4, 0.5) is 4.39 Å². The number of aliphatic hydroxyl groups excluding tert-OH is 1. The van der Waals surface area contributed by atoms with Crippen molar-refractivity contribution in [3.8, 4) is 0 Å². The maximum Gasteiger partial charge on any atom is 0.480 e. The number of nitrogens with zero attached hydrogens (tertiary/aromatic N) is 1. The number of nitrogens with one attached hydrogen (secondary N) is 1. The van der Waals surface area contributed by atoms with Crippen molar-refractivity contribution in [1.29, 1.82) is 0 Å². The van der Waals surface area contributed by atoms with Crippen molar-refractivity contribution in [2.75, 3.05) is 0 Å². The fourth-order valence-corrected chi connectivity index (χ4v) is 4.65. The van der Waals surface area contributed by atoms with E-state index in [1.54, 1.807) is 0 Å². The summed E-state index contributed by atoms with van der Waals surface area (Å²) >= 11 is 0. The minimum Gasteiger partial charge on any atom is -0.389 e. The third kappa shape index (κ3) is 4.59. The van der Waals surface area contributed by atoms with E-state index in [9.17, 15) is 28.7 Å². The molecule has 13 nitrogen and oxygen atoms in total. The second-order valence-corrected chi connectivity index (χ2v) is 9.48. The van der Waals surface area contributed by atoms with E-state index in [-0.39, 0.29) is 0 Å². The zero-order chi connectivity index (χ0) is 21.8. The highest BCUT2D eigenvalue weighted by Gasteiger charge is 2.63. The van der Waals surface area contributed by atoms with Crippen LogP contribution in [0.25, 0.3) is 0 Å². The molecule has 0 saturated carbocycles. The van der Waals surface area contributed by atoms with Crippen LogP contribution in [0.1, 0.15) is 6.42 Å². The standard InChI is InChI=1S/C9H16B3FN2O11P2/c10-8(15-2-1-5(17)14-6(15)18)4(16)3-7(13,24-8)9(11,12)25-28(22,23)26-27(19,20)21/h1-2,4,16H,3,10-12H2,(H,22,23)(H,14,17,18)(H2,19,20,21)/t4-,7+,8+/m1/s1. The van der Waals surface area contributed by atoms with Crippen molar-refractivity contribution < 1.29 is 46.9 Å². The number of phosphoric acid groups is 2. The first kappa shape index (κ1) is 23.3. The molecule has 19 heteroatoms. The van der Waals surface area contributed by atoms with Gasteiger partial charge in [0.1, 0.15) is 21.3 Å². The van der Waals surface area contributed by atoms with Crippen molar-refractivity contribution in [1.82, 2.24) is 9.55 Å². The summed E-state index contributed by atoms with van der Waals surface area (Å²) < 4.78 is 52.2. The lowest BCUT2D eigenvalue weighted by Gasteiger charge is -2.39. The number of aliphatic hydroxyl groups is 1. The van der Waals surface area contributed by atoms with Gasteiger partial charge in [0.15, 0.2) is 7.85 Å². The van der Waals surface area contributed by atoms with Gasteiger partial charge >= 0.3 is 21.3 Å². The Balaban J connectivity index is 2.38. The summed E-state index contributed by atoms with van der Waals surface area (Å²) in [6.07, 6.45) is -1.60. The Hall–Kier alpha value is -1.02. The second kappa shape index (κ2) is 7.04. The molecule has 0 aliphatic carbocycles. The molecule has 1 aromatic heterocycles. The van der Waals surface area contributed by atoms with Crippen molar-refractivity contribution in [3.63, 3.8) is 0 Å². The minimum atomic E-state index is -5.46. The van der Waals surface area contributed by atoms with Gasteiger partial charge in [0, 0.05) is 18.7 Å². The SMILES string of the molecule is BC(B)(OP(=O)(O)OP(=O)(O)O)[C@]1(F)C[C@@H](O)[C@](B)(n2ccc(=O)[nH]c2=O)O1. The Morgan fingerprint density at radius 2 is 1.93 bits per heavy atom. The highest BCUT2D eigenvalue weighted by atomic mass is 31.3. The van der Waals surface area contributed by atoms with E-state index < -0.39 is 56.3 Å². The van der Waals surface area contributed by atoms with Gasteiger partial charge in [-0.3, -0.25) is 18.9 Å². The van der Waals surface area contributed by atoms with Crippen molar-refractivity contribution >= 4 is 39.2 Å². The molecule has 28 heavy (non-hydrogen) atoms. The molecular formula is C9H16B3FN2O11P2. The Bertz CT molecular complexity index is 981. The molecule has 0 aromatic carbocycles. The second-order valence-electron chi connectivity index (χ2n) is 6.73. The van der Waals surface area contributed by atoms with Gasteiger partial charge in [0.2, 0.25) is 5.85 Å². The predicted octanol–water partition coefficient (Wildman–Crippen LogP) is -4.63. The van der Waals surface area contributed by atoms with Gasteiger partial charge in [0.25, 0.3) is 5.56 Å². The van der Waals surface area contributed by atoms with Crippen LogP contribution in [0.2, 0.25) is 0 Å². The maximum atomic E-state index is 15.5. The number of aromatic amines is 1. The lowest BCUT2D eigenvalue weighted by molar-refractivity contribution is -0.218. The van der Waals surface area contributed by atoms with Gasteiger partial charge in [-0.25, -0.2) is 18.3 Å². The lowest BCUT2D eigenvalue weighted by Crippen LogP contribution is -2.56. The van der Waals surface area contributed by atoms with Gasteiger partial charge < -0.3 is 24.5 Å².